The largest absolute Gasteiger partial charge is 0.462 e. The van der Waals surface area contributed by atoms with Crippen LogP contribution < -0.4 is 11.2 Å². The number of nitrogens with zero attached hydrogens (tertiary/aromatic N) is 1. The van der Waals surface area contributed by atoms with Crippen molar-refractivity contribution in [3.05, 3.63) is 31.3 Å². The van der Waals surface area contributed by atoms with Crippen LogP contribution in [0.5, 0.6) is 0 Å². The van der Waals surface area contributed by atoms with Crippen LogP contribution in [0.15, 0.2) is 9.59 Å². The van der Waals surface area contributed by atoms with Gasteiger partial charge in [-0.25, -0.2) is 14.2 Å². The topological polar surface area (TPSA) is 81.2 Å². The second kappa shape index (κ2) is 5.35. The van der Waals surface area contributed by atoms with Crippen LogP contribution in [0.1, 0.15) is 22.2 Å². The number of aryl methyl sites for hydroxylation is 1. The molecule has 104 valence electrons. The van der Waals surface area contributed by atoms with Gasteiger partial charge in [0.2, 0.25) is 0 Å². The third-order valence-corrected chi connectivity index (χ3v) is 3.97. The molecule has 0 spiro atoms. The monoisotopic (exact) mass is 292 g/mol. The molecule has 0 fully saturated rings. The Kier molecular flexibility index (Phi) is 3.77. The molecule has 0 saturated heterocycles. The lowest BCUT2D eigenvalue weighted by molar-refractivity contribution is 0.0531. The van der Waals surface area contributed by atoms with Gasteiger partial charge in [0.25, 0.3) is 5.56 Å². The highest BCUT2D eigenvalue weighted by molar-refractivity contribution is 7.20. The summed E-state index contributed by atoms with van der Waals surface area (Å²) in [5, 5.41) is 0.299. The minimum absolute atomic E-state index is 0.117. The first-order valence-corrected chi connectivity index (χ1v) is 6.69. The van der Waals surface area contributed by atoms with Crippen LogP contribution in [-0.4, -0.2) is 22.1 Å². The van der Waals surface area contributed by atoms with Crippen LogP contribution in [0.4, 0.5) is 0 Å². The molecule has 0 aromatic carbocycles. The van der Waals surface area contributed by atoms with E-state index >= 15 is 0 Å². The molecule has 20 heavy (non-hydrogen) atoms. The van der Waals surface area contributed by atoms with Crippen molar-refractivity contribution in [3.63, 3.8) is 0 Å². The van der Waals surface area contributed by atoms with Gasteiger partial charge in [0, 0.05) is 0 Å². The van der Waals surface area contributed by atoms with E-state index in [-0.39, 0.29) is 13.2 Å². The van der Waals surface area contributed by atoms with E-state index in [0.717, 1.165) is 15.9 Å². The van der Waals surface area contributed by atoms with Crippen molar-refractivity contribution in [2.75, 3.05) is 6.61 Å². The second-order valence-corrected chi connectivity index (χ2v) is 5.03. The quantitative estimate of drug-likeness (QED) is 0.672. The molecular formula is C13H12N2O4S. The summed E-state index contributed by atoms with van der Waals surface area (Å²) in [6.45, 7) is 3.46. The molecule has 0 amide bonds. The number of hydrogen-bond donors (Lipinski definition) is 1. The van der Waals surface area contributed by atoms with Crippen LogP contribution >= 0.6 is 11.3 Å². The molecular weight excluding hydrogens is 280 g/mol. The Balaban J connectivity index is 2.77. The number of carbonyl (C=O) groups is 1. The predicted molar refractivity (Wildman–Crippen MR) is 76.2 cm³/mol. The third kappa shape index (κ3) is 2.14. The summed E-state index contributed by atoms with van der Waals surface area (Å²) in [7, 11) is 0. The Hall–Kier alpha value is -2.33. The Morgan fingerprint density at radius 1 is 1.50 bits per heavy atom. The molecule has 0 bridgehead atoms. The first kappa shape index (κ1) is 14.1. The van der Waals surface area contributed by atoms with Crippen LogP contribution in [0.3, 0.4) is 0 Å². The number of fused-ring (bicyclic) bond motifs is 1. The van der Waals surface area contributed by atoms with Crippen molar-refractivity contribution in [2.45, 2.75) is 20.4 Å². The van der Waals surface area contributed by atoms with Gasteiger partial charge in [-0.3, -0.25) is 9.78 Å². The van der Waals surface area contributed by atoms with Crippen LogP contribution in [0, 0.1) is 19.3 Å². The van der Waals surface area contributed by atoms with Crippen molar-refractivity contribution in [1.29, 1.82) is 0 Å². The van der Waals surface area contributed by atoms with Crippen LogP contribution in [-0.2, 0) is 11.3 Å². The molecule has 0 radical (unpaired) electrons. The fourth-order valence-electron chi connectivity index (χ4n) is 1.88. The number of H-pyrrole nitrogens is 1. The molecule has 0 atom stereocenters. The smallest absolute Gasteiger partial charge is 0.348 e. The molecule has 2 aromatic rings. The molecule has 2 rings (SSSR count). The maximum atomic E-state index is 12.3. The van der Waals surface area contributed by atoms with E-state index in [2.05, 4.69) is 10.9 Å². The van der Waals surface area contributed by atoms with Gasteiger partial charge in [-0.15, -0.1) is 17.8 Å². The van der Waals surface area contributed by atoms with Crippen molar-refractivity contribution >= 4 is 27.5 Å². The number of aromatic amines is 1. The Morgan fingerprint density at radius 3 is 2.80 bits per heavy atom. The third-order valence-electron chi connectivity index (χ3n) is 2.78. The average molecular weight is 292 g/mol. The fraction of sp³-hybridized carbons (Fsp3) is 0.308. The summed E-state index contributed by atoms with van der Waals surface area (Å²) in [5.41, 5.74) is -0.585. The lowest BCUT2D eigenvalue weighted by atomic mass is 10.2. The van der Waals surface area contributed by atoms with E-state index in [1.54, 1.807) is 13.8 Å². The average Bonchev–Trinajstić information content (AvgIpc) is 2.72. The summed E-state index contributed by atoms with van der Waals surface area (Å²) in [6.07, 6.45) is 5.14. The van der Waals surface area contributed by atoms with Gasteiger partial charge in [0.05, 0.1) is 18.5 Å². The molecule has 2 heterocycles. The normalized spacial score (nSPS) is 10.4. The molecule has 0 aliphatic rings. The number of ether oxygens (including phenoxy) is 1. The number of carbonyl (C=O) groups excluding carboxylic acids is 1. The number of terminal acetylenes is 1. The van der Waals surface area contributed by atoms with Gasteiger partial charge in [-0.05, 0) is 19.4 Å². The summed E-state index contributed by atoms with van der Waals surface area (Å²) in [6, 6.07) is 0. The Labute approximate surface area is 118 Å². The molecule has 7 heteroatoms. The summed E-state index contributed by atoms with van der Waals surface area (Å²) < 4.78 is 5.85. The van der Waals surface area contributed by atoms with Crippen molar-refractivity contribution < 1.29 is 9.53 Å². The zero-order valence-electron chi connectivity index (χ0n) is 11.0. The number of nitrogens with one attached hydrogen (secondary N) is 1. The number of esters is 1. The molecule has 1 N–H and O–H groups in total. The SMILES string of the molecule is C#CCn1c(=O)[nH]c2sc(C(=O)OCC)c(C)c2c1=O. The maximum Gasteiger partial charge on any atom is 0.348 e. The minimum atomic E-state index is -0.586. The van der Waals surface area contributed by atoms with Gasteiger partial charge in [-0.2, -0.15) is 0 Å². The second-order valence-electron chi connectivity index (χ2n) is 4.01. The van der Waals surface area contributed by atoms with Gasteiger partial charge in [0.15, 0.2) is 0 Å². The minimum Gasteiger partial charge on any atom is -0.462 e. The van der Waals surface area contributed by atoms with Gasteiger partial charge >= 0.3 is 11.7 Å². The van der Waals surface area contributed by atoms with Gasteiger partial charge < -0.3 is 4.74 Å². The molecule has 6 nitrogen and oxygen atoms in total. The number of hydrogen-bond acceptors (Lipinski definition) is 5. The van der Waals surface area contributed by atoms with E-state index in [0.29, 0.717) is 20.7 Å². The first-order chi connectivity index (χ1) is 9.51. The number of thiophene rings is 1. The van der Waals surface area contributed by atoms with E-state index in [9.17, 15) is 14.4 Å². The fourth-order valence-corrected chi connectivity index (χ4v) is 2.96. The summed E-state index contributed by atoms with van der Waals surface area (Å²) in [5.74, 6) is 1.75. The highest BCUT2D eigenvalue weighted by atomic mass is 32.1. The van der Waals surface area contributed by atoms with E-state index in [1.807, 2.05) is 0 Å². The lowest BCUT2D eigenvalue weighted by Crippen LogP contribution is -2.34. The summed E-state index contributed by atoms with van der Waals surface area (Å²) in [4.78, 5) is 39.0. The highest BCUT2D eigenvalue weighted by Gasteiger charge is 2.20. The molecule has 0 saturated carbocycles. The van der Waals surface area contributed by atoms with Crippen molar-refractivity contribution in [2.24, 2.45) is 0 Å². The standard InChI is InChI=1S/C13H12N2O4S/c1-4-6-15-11(16)8-7(3)9(12(17)19-5-2)20-10(8)14-13(15)18/h1H,5-6H2,2-3H3,(H,14,18). The lowest BCUT2D eigenvalue weighted by Gasteiger charge is -2.00. The molecule has 0 aliphatic heterocycles. The van der Waals surface area contributed by atoms with E-state index in [4.69, 9.17) is 11.2 Å². The molecule has 0 unspecified atom stereocenters. The van der Waals surface area contributed by atoms with Crippen LogP contribution in [0.2, 0.25) is 0 Å². The molecule has 2 aromatic heterocycles. The van der Waals surface area contributed by atoms with Crippen molar-refractivity contribution in [3.8, 4) is 12.3 Å². The first-order valence-electron chi connectivity index (χ1n) is 5.88. The van der Waals surface area contributed by atoms with Crippen molar-refractivity contribution in [1.82, 2.24) is 9.55 Å². The zero-order chi connectivity index (χ0) is 14.9. The maximum absolute atomic E-state index is 12.3. The summed E-state index contributed by atoms with van der Waals surface area (Å²) >= 11 is 1.03. The van der Waals surface area contributed by atoms with Gasteiger partial charge in [0.1, 0.15) is 9.71 Å². The number of rotatable bonds is 3. The Morgan fingerprint density at radius 2 is 2.20 bits per heavy atom. The zero-order valence-corrected chi connectivity index (χ0v) is 11.8. The Bertz CT molecular complexity index is 835. The van der Waals surface area contributed by atoms with E-state index in [1.165, 1.54) is 0 Å². The molecule has 0 aliphatic carbocycles. The van der Waals surface area contributed by atoms with E-state index < -0.39 is 17.2 Å². The number of aromatic nitrogens is 2. The predicted octanol–water partition coefficient (Wildman–Crippen LogP) is 0.870. The van der Waals surface area contributed by atoms with Crippen LogP contribution in [0.25, 0.3) is 10.2 Å². The van der Waals surface area contributed by atoms with Gasteiger partial charge in [-0.1, -0.05) is 5.92 Å². The highest BCUT2D eigenvalue weighted by Crippen LogP contribution is 2.26.